The second kappa shape index (κ2) is 21.1. The van der Waals surface area contributed by atoms with E-state index in [1.807, 2.05) is 0 Å². The van der Waals surface area contributed by atoms with Gasteiger partial charge in [0, 0.05) is 22.6 Å². The summed E-state index contributed by atoms with van der Waals surface area (Å²) in [4.78, 5) is 5.05. The van der Waals surface area contributed by atoms with Gasteiger partial charge in [-0.2, -0.15) is 0 Å². The Kier molecular flexibility index (Phi) is 15.5. The Hall–Kier alpha value is -5.08. The molecule has 0 aliphatic heterocycles. The summed E-state index contributed by atoms with van der Waals surface area (Å²) in [7, 11) is 0. The lowest BCUT2D eigenvalue weighted by molar-refractivity contribution is 0.795. The molecule has 0 spiro atoms. The highest BCUT2D eigenvalue weighted by atomic mass is 15.2. The third-order valence-corrected chi connectivity index (χ3v) is 11.8. The second-order valence-corrected chi connectivity index (χ2v) is 16.4. The van der Waals surface area contributed by atoms with E-state index in [-0.39, 0.29) is 0 Å². The average molecular weight is 769 g/mol. The minimum Gasteiger partial charge on any atom is -0.310 e. The topological polar surface area (TPSA) is 6.48 Å². The van der Waals surface area contributed by atoms with Crippen molar-refractivity contribution < 1.29 is 0 Å². The standard InChI is InChI=1S/C56H68N2/c1-8-13-18-45-24-31-49(32-25-45)53-41-44(12-5)30-37-54(53)58(52-23-17-22-48(40-52)21-16-11-4)56-39-42(6)38-55(43(56)7)57(50-33-26-46(27-34-50)19-14-9-2)51-35-28-47(29-36-51)20-15-10-3/h17,22-41H,8-16,18-21H2,1-7H3. The molecule has 0 saturated carbocycles. The summed E-state index contributed by atoms with van der Waals surface area (Å²) < 4.78 is 0. The summed E-state index contributed by atoms with van der Waals surface area (Å²) in [6.07, 6.45) is 15.0. The summed E-state index contributed by atoms with van der Waals surface area (Å²) in [5, 5.41) is 0. The van der Waals surface area contributed by atoms with Gasteiger partial charge in [-0.1, -0.05) is 127 Å². The SMILES string of the molecule is CCCCc1ccc(-c2cc(CC)ccc2N(c2cccc(CCCC)c2)c2cc(C)cc(N(c3ccc(CCCC)cc3)c3ccc(CCCC)cc3)c2C)cc1. The fourth-order valence-electron chi connectivity index (χ4n) is 8.20. The predicted octanol–water partition coefficient (Wildman–Crippen LogP) is 16.8. The van der Waals surface area contributed by atoms with Gasteiger partial charge in [0.1, 0.15) is 0 Å². The van der Waals surface area contributed by atoms with Crippen LogP contribution in [0.1, 0.15) is 125 Å². The van der Waals surface area contributed by atoms with Crippen molar-refractivity contribution in [1.29, 1.82) is 0 Å². The molecule has 0 saturated heterocycles. The van der Waals surface area contributed by atoms with Gasteiger partial charge in [0.25, 0.3) is 0 Å². The predicted molar refractivity (Wildman–Crippen MR) is 255 cm³/mol. The van der Waals surface area contributed by atoms with E-state index in [0.717, 1.165) is 32.1 Å². The quantitative estimate of drug-likeness (QED) is 0.0763. The van der Waals surface area contributed by atoms with Crippen LogP contribution in [-0.4, -0.2) is 0 Å². The Bertz CT molecular complexity index is 2120. The molecule has 6 aromatic rings. The second-order valence-electron chi connectivity index (χ2n) is 16.4. The number of nitrogens with zero attached hydrogens (tertiary/aromatic N) is 2. The Balaban J connectivity index is 1.57. The van der Waals surface area contributed by atoms with Gasteiger partial charge in [-0.05, 0) is 177 Å². The molecule has 0 aliphatic rings. The molecule has 0 amide bonds. The van der Waals surface area contributed by atoms with E-state index in [4.69, 9.17) is 0 Å². The fraction of sp³-hybridized carbons (Fsp3) is 0.357. The largest absolute Gasteiger partial charge is 0.310 e. The molecule has 2 nitrogen and oxygen atoms in total. The van der Waals surface area contributed by atoms with Crippen LogP contribution in [0.25, 0.3) is 11.1 Å². The summed E-state index contributed by atoms with van der Waals surface area (Å²) in [5.74, 6) is 0. The zero-order valence-electron chi connectivity index (χ0n) is 36.7. The molecule has 6 aromatic carbocycles. The molecule has 0 bridgehead atoms. The molecule has 0 fully saturated rings. The van der Waals surface area contributed by atoms with Gasteiger partial charge in [-0.3, -0.25) is 0 Å². The van der Waals surface area contributed by atoms with Crippen LogP contribution in [0.15, 0.2) is 127 Å². The van der Waals surface area contributed by atoms with Gasteiger partial charge in [-0.25, -0.2) is 0 Å². The molecular weight excluding hydrogens is 701 g/mol. The third kappa shape index (κ3) is 10.5. The first-order chi connectivity index (χ1) is 28.4. The highest BCUT2D eigenvalue weighted by Gasteiger charge is 2.24. The first kappa shape index (κ1) is 42.5. The monoisotopic (exact) mass is 769 g/mol. The summed E-state index contributed by atoms with van der Waals surface area (Å²) in [6, 6.07) is 49.3. The number of rotatable bonds is 20. The third-order valence-electron chi connectivity index (χ3n) is 11.8. The Morgan fingerprint density at radius 1 is 0.379 bits per heavy atom. The van der Waals surface area contributed by atoms with Crippen molar-refractivity contribution in [2.45, 2.75) is 132 Å². The lowest BCUT2D eigenvalue weighted by Gasteiger charge is -2.34. The Morgan fingerprint density at radius 2 is 0.845 bits per heavy atom. The van der Waals surface area contributed by atoms with Crippen molar-refractivity contribution in [1.82, 2.24) is 0 Å². The summed E-state index contributed by atoms with van der Waals surface area (Å²) in [5.41, 5.74) is 19.1. The van der Waals surface area contributed by atoms with E-state index in [2.05, 4.69) is 186 Å². The number of aryl methyl sites for hydroxylation is 6. The van der Waals surface area contributed by atoms with E-state index in [0.29, 0.717) is 0 Å². The molecule has 0 unspecified atom stereocenters. The summed E-state index contributed by atoms with van der Waals surface area (Å²) >= 11 is 0. The number of benzene rings is 6. The molecule has 0 radical (unpaired) electrons. The van der Waals surface area contributed by atoms with Crippen LogP contribution in [0.4, 0.5) is 34.1 Å². The van der Waals surface area contributed by atoms with Crippen molar-refractivity contribution in [3.63, 3.8) is 0 Å². The van der Waals surface area contributed by atoms with E-state index < -0.39 is 0 Å². The number of anilines is 6. The van der Waals surface area contributed by atoms with E-state index in [9.17, 15) is 0 Å². The molecule has 0 heterocycles. The number of unbranched alkanes of at least 4 members (excludes halogenated alkanes) is 4. The van der Waals surface area contributed by atoms with Crippen molar-refractivity contribution in [2.24, 2.45) is 0 Å². The first-order valence-electron chi connectivity index (χ1n) is 22.6. The van der Waals surface area contributed by atoms with Crippen molar-refractivity contribution in [2.75, 3.05) is 9.80 Å². The minimum absolute atomic E-state index is 0.991. The highest BCUT2D eigenvalue weighted by molar-refractivity contribution is 5.92. The normalized spacial score (nSPS) is 11.2. The van der Waals surface area contributed by atoms with Crippen LogP contribution >= 0.6 is 0 Å². The van der Waals surface area contributed by atoms with Gasteiger partial charge >= 0.3 is 0 Å². The molecule has 302 valence electrons. The maximum atomic E-state index is 2.56. The molecular formula is C56H68N2. The molecule has 2 heteroatoms. The van der Waals surface area contributed by atoms with Crippen molar-refractivity contribution in [3.05, 3.63) is 166 Å². The lowest BCUT2D eigenvalue weighted by atomic mass is 9.95. The van der Waals surface area contributed by atoms with Crippen LogP contribution in [0.5, 0.6) is 0 Å². The van der Waals surface area contributed by atoms with Gasteiger partial charge < -0.3 is 9.80 Å². The van der Waals surface area contributed by atoms with Crippen LogP contribution in [0.3, 0.4) is 0 Å². The van der Waals surface area contributed by atoms with Crippen molar-refractivity contribution in [3.8, 4) is 11.1 Å². The fourth-order valence-corrected chi connectivity index (χ4v) is 8.20. The lowest BCUT2D eigenvalue weighted by Crippen LogP contribution is -2.17. The van der Waals surface area contributed by atoms with Crippen LogP contribution in [0, 0.1) is 13.8 Å². The molecule has 0 atom stereocenters. The maximum absolute atomic E-state index is 2.56. The molecule has 0 aliphatic carbocycles. The van der Waals surface area contributed by atoms with E-state index >= 15 is 0 Å². The Morgan fingerprint density at radius 3 is 1.34 bits per heavy atom. The molecule has 6 rings (SSSR count). The maximum Gasteiger partial charge on any atom is 0.0540 e. The molecule has 58 heavy (non-hydrogen) atoms. The Labute approximate surface area is 352 Å². The zero-order chi connectivity index (χ0) is 40.9. The average Bonchev–Trinajstić information content (AvgIpc) is 3.26. The van der Waals surface area contributed by atoms with Gasteiger partial charge in [0.15, 0.2) is 0 Å². The smallest absolute Gasteiger partial charge is 0.0540 e. The number of hydrogen-bond donors (Lipinski definition) is 0. The van der Waals surface area contributed by atoms with Crippen LogP contribution < -0.4 is 9.80 Å². The van der Waals surface area contributed by atoms with E-state index in [1.54, 1.807) is 0 Å². The highest BCUT2D eigenvalue weighted by Crippen LogP contribution is 2.47. The van der Waals surface area contributed by atoms with Crippen molar-refractivity contribution >= 4 is 34.1 Å². The number of hydrogen-bond acceptors (Lipinski definition) is 2. The summed E-state index contributed by atoms with van der Waals surface area (Å²) in [6.45, 7) is 16.0. The van der Waals surface area contributed by atoms with Gasteiger partial charge in [-0.15, -0.1) is 0 Å². The van der Waals surface area contributed by atoms with E-state index in [1.165, 1.54) is 136 Å². The van der Waals surface area contributed by atoms with Crippen LogP contribution in [-0.2, 0) is 32.1 Å². The molecule has 0 aromatic heterocycles. The first-order valence-corrected chi connectivity index (χ1v) is 22.6. The van der Waals surface area contributed by atoms with Gasteiger partial charge in [0.05, 0.1) is 17.1 Å². The molecule has 0 N–H and O–H groups in total. The van der Waals surface area contributed by atoms with Crippen LogP contribution in [0.2, 0.25) is 0 Å². The minimum atomic E-state index is 0.991. The van der Waals surface area contributed by atoms with Gasteiger partial charge in [0.2, 0.25) is 0 Å². The zero-order valence-corrected chi connectivity index (χ0v) is 36.7.